The van der Waals surface area contributed by atoms with Gasteiger partial charge in [0.05, 0.1) is 15.9 Å². The van der Waals surface area contributed by atoms with Crippen molar-refractivity contribution in [3.63, 3.8) is 0 Å². The molecule has 4 rings (SSSR count). The number of rotatable bonds is 4. The first-order valence-electron chi connectivity index (χ1n) is 8.04. The van der Waals surface area contributed by atoms with Gasteiger partial charge >= 0.3 is 0 Å². The van der Waals surface area contributed by atoms with Gasteiger partial charge in [-0.2, -0.15) is 5.10 Å². The first kappa shape index (κ1) is 15.5. The molecule has 0 aliphatic heterocycles. The highest BCUT2D eigenvalue weighted by atomic mass is 32.1. The van der Waals surface area contributed by atoms with Crippen molar-refractivity contribution in [2.24, 2.45) is 0 Å². The number of aryl methyl sites for hydroxylation is 1. The van der Waals surface area contributed by atoms with Crippen molar-refractivity contribution in [2.75, 3.05) is 5.32 Å². The zero-order valence-corrected chi connectivity index (χ0v) is 14.5. The Bertz CT molecular complexity index is 1020. The van der Waals surface area contributed by atoms with Gasteiger partial charge in [0.15, 0.2) is 5.69 Å². The molecule has 1 N–H and O–H groups in total. The van der Waals surface area contributed by atoms with Crippen LogP contribution in [-0.4, -0.2) is 20.7 Å². The molecule has 2 aromatic heterocycles. The van der Waals surface area contributed by atoms with Crippen LogP contribution >= 0.6 is 11.3 Å². The number of nitrogens with one attached hydrogen (secondary N) is 1. The Morgan fingerprint density at radius 1 is 1.12 bits per heavy atom. The number of nitrogens with zero attached hydrogens (tertiary/aromatic N) is 3. The lowest BCUT2D eigenvalue weighted by Gasteiger charge is -2.08. The average Bonchev–Trinajstić information content (AvgIpc) is 3.29. The highest BCUT2D eigenvalue weighted by Gasteiger charge is 2.14. The lowest BCUT2D eigenvalue weighted by molar-refractivity contribution is 0.102. The van der Waals surface area contributed by atoms with E-state index in [-0.39, 0.29) is 5.91 Å². The Morgan fingerprint density at radius 3 is 2.72 bits per heavy atom. The number of anilines is 1. The number of benzene rings is 2. The quantitative estimate of drug-likeness (QED) is 0.593. The third-order valence-electron chi connectivity index (χ3n) is 3.90. The number of thiazole rings is 1. The molecule has 0 radical (unpaired) electrons. The largest absolute Gasteiger partial charge is 0.320 e. The Kier molecular flexibility index (Phi) is 4.03. The number of hydrogen-bond donors (Lipinski definition) is 1. The van der Waals surface area contributed by atoms with Gasteiger partial charge in [-0.05, 0) is 37.3 Å². The van der Waals surface area contributed by atoms with Gasteiger partial charge in [0.1, 0.15) is 5.01 Å². The molecule has 0 spiro atoms. The SMILES string of the molecule is CCn1ccc(C(=O)Nc2ccccc2-c2nc3ccccc3s2)n1. The van der Waals surface area contributed by atoms with Gasteiger partial charge in [-0.3, -0.25) is 9.48 Å². The number of carbonyl (C=O) groups is 1. The van der Waals surface area contributed by atoms with E-state index >= 15 is 0 Å². The highest BCUT2D eigenvalue weighted by Crippen LogP contribution is 2.34. The predicted molar refractivity (Wildman–Crippen MR) is 101 cm³/mol. The summed E-state index contributed by atoms with van der Waals surface area (Å²) < 4.78 is 2.86. The van der Waals surface area contributed by atoms with Gasteiger partial charge in [0.25, 0.3) is 5.91 Å². The van der Waals surface area contributed by atoms with E-state index in [2.05, 4.69) is 21.5 Å². The van der Waals surface area contributed by atoms with Crippen LogP contribution in [0.2, 0.25) is 0 Å². The summed E-state index contributed by atoms with van der Waals surface area (Å²) in [6.45, 7) is 2.71. The van der Waals surface area contributed by atoms with E-state index in [9.17, 15) is 4.79 Å². The van der Waals surface area contributed by atoms with E-state index in [0.717, 1.165) is 33.0 Å². The molecule has 0 saturated heterocycles. The molecule has 4 aromatic rings. The zero-order valence-electron chi connectivity index (χ0n) is 13.6. The van der Waals surface area contributed by atoms with Crippen LogP contribution in [0.25, 0.3) is 20.8 Å². The van der Waals surface area contributed by atoms with Gasteiger partial charge in [-0.15, -0.1) is 11.3 Å². The average molecular weight is 348 g/mol. The summed E-state index contributed by atoms with van der Waals surface area (Å²) >= 11 is 1.61. The maximum absolute atomic E-state index is 12.5. The molecule has 5 nitrogen and oxygen atoms in total. The van der Waals surface area contributed by atoms with Gasteiger partial charge in [-0.25, -0.2) is 4.98 Å². The zero-order chi connectivity index (χ0) is 17.2. The summed E-state index contributed by atoms with van der Waals surface area (Å²) in [6, 6.07) is 17.4. The minimum atomic E-state index is -0.222. The van der Waals surface area contributed by atoms with E-state index < -0.39 is 0 Å². The van der Waals surface area contributed by atoms with Crippen molar-refractivity contribution in [3.8, 4) is 10.6 Å². The standard InChI is InChI=1S/C19H16N4OS/c1-2-23-12-11-16(22-23)18(24)20-14-8-4-3-7-13(14)19-21-15-9-5-6-10-17(15)25-19/h3-12H,2H2,1H3,(H,20,24). The van der Waals surface area contributed by atoms with E-state index in [1.165, 1.54) is 0 Å². The fourth-order valence-electron chi connectivity index (χ4n) is 2.61. The molecule has 0 atom stereocenters. The second-order valence-electron chi connectivity index (χ2n) is 5.54. The fourth-order valence-corrected chi connectivity index (χ4v) is 3.62. The van der Waals surface area contributed by atoms with Crippen LogP contribution < -0.4 is 5.32 Å². The minimum Gasteiger partial charge on any atom is -0.320 e. The Labute approximate surface area is 149 Å². The molecular weight excluding hydrogens is 332 g/mol. The summed E-state index contributed by atoms with van der Waals surface area (Å²) in [6.07, 6.45) is 1.80. The molecule has 0 fully saturated rings. The molecule has 0 aliphatic carbocycles. The molecule has 6 heteroatoms. The van der Waals surface area contributed by atoms with Crippen LogP contribution in [0.5, 0.6) is 0 Å². The van der Waals surface area contributed by atoms with Crippen molar-refractivity contribution >= 4 is 33.1 Å². The third kappa shape index (κ3) is 3.04. The summed E-state index contributed by atoms with van der Waals surface area (Å²) in [4.78, 5) is 17.2. The first-order chi connectivity index (χ1) is 12.2. The molecule has 2 heterocycles. The highest BCUT2D eigenvalue weighted by molar-refractivity contribution is 7.21. The molecule has 25 heavy (non-hydrogen) atoms. The van der Waals surface area contributed by atoms with Gasteiger partial charge in [0, 0.05) is 18.3 Å². The number of amides is 1. The van der Waals surface area contributed by atoms with E-state index in [4.69, 9.17) is 0 Å². The van der Waals surface area contributed by atoms with Crippen LogP contribution in [-0.2, 0) is 6.54 Å². The van der Waals surface area contributed by atoms with E-state index in [1.54, 1.807) is 28.3 Å². The summed E-state index contributed by atoms with van der Waals surface area (Å²) in [5, 5.41) is 8.10. The lowest BCUT2D eigenvalue weighted by atomic mass is 10.2. The predicted octanol–water partition coefficient (Wildman–Crippen LogP) is 4.43. The monoisotopic (exact) mass is 348 g/mol. The normalized spacial score (nSPS) is 10.9. The number of fused-ring (bicyclic) bond motifs is 1. The smallest absolute Gasteiger partial charge is 0.276 e. The van der Waals surface area contributed by atoms with Crippen molar-refractivity contribution in [1.82, 2.24) is 14.8 Å². The Hall–Kier alpha value is -2.99. The van der Waals surface area contributed by atoms with Crippen LogP contribution in [0.15, 0.2) is 60.8 Å². The van der Waals surface area contributed by atoms with Crippen LogP contribution in [0.4, 0.5) is 5.69 Å². The van der Waals surface area contributed by atoms with Crippen molar-refractivity contribution in [1.29, 1.82) is 0 Å². The van der Waals surface area contributed by atoms with Gasteiger partial charge in [-0.1, -0.05) is 24.3 Å². The van der Waals surface area contributed by atoms with Crippen LogP contribution in [0.3, 0.4) is 0 Å². The summed E-state index contributed by atoms with van der Waals surface area (Å²) in [5.74, 6) is -0.222. The maximum atomic E-state index is 12.5. The number of carbonyl (C=O) groups excluding carboxylic acids is 1. The summed E-state index contributed by atoms with van der Waals surface area (Å²) in [5.41, 5.74) is 3.01. The number of para-hydroxylation sites is 2. The molecule has 0 bridgehead atoms. The van der Waals surface area contributed by atoms with Crippen LogP contribution in [0.1, 0.15) is 17.4 Å². The second kappa shape index (κ2) is 6.49. The molecule has 0 saturated carbocycles. The van der Waals surface area contributed by atoms with E-state index in [0.29, 0.717) is 5.69 Å². The summed E-state index contributed by atoms with van der Waals surface area (Å²) in [7, 11) is 0. The molecule has 1 amide bonds. The Balaban J connectivity index is 1.68. The molecule has 0 unspecified atom stereocenters. The van der Waals surface area contributed by atoms with Gasteiger partial charge in [0.2, 0.25) is 0 Å². The van der Waals surface area contributed by atoms with Crippen molar-refractivity contribution in [3.05, 3.63) is 66.5 Å². The number of hydrogen-bond acceptors (Lipinski definition) is 4. The van der Waals surface area contributed by atoms with E-state index in [1.807, 2.05) is 49.4 Å². The topological polar surface area (TPSA) is 59.8 Å². The molecule has 0 aliphatic rings. The van der Waals surface area contributed by atoms with Crippen LogP contribution in [0, 0.1) is 0 Å². The third-order valence-corrected chi connectivity index (χ3v) is 4.97. The molecule has 124 valence electrons. The maximum Gasteiger partial charge on any atom is 0.276 e. The first-order valence-corrected chi connectivity index (χ1v) is 8.86. The van der Waals surface area contributed by atoms with Crippen molar-refractivity contribution < 1.29 is 4.79 Å². The second-order valence-corrected chi connectivity index (χ2v) is 6.57. The molecular formula is C19H16N4OS. The minimum absolute atomic E-state index is 0.222. The Morgan fingerprint density at radius 2 is 1.92 bits per heavy atom. The van der Waals surface area contributed by atoms with Crippen molar-refractivity contribution in [2.45, 2.75) is 13.5 Å². The molecule has 2 aromatic carbocycles. The lowest BCUT2D eigenvalue weighted by Crippen LogP contribution is -2.14. The van der Waals surface area contributed by atoms with Gasteiger partial charge < -0.3 is 5.32 Å². The fraction of sp³-hybridized carbons (Fsp3) is 0.105. The number of aromatic nitrogens is 3.